The van der Waals surface area contributed by atoms with E-state index in [1.165, 1.54) is 6.07 Å². The lowest BCUT2D eigenvalue weighted by molar-refractivity contribution is -0.117. The number of anilines is 2. The van der Waals surface area contributed by atoms with E-state index in [0.717, 1.165) is 10.9 Å². The predicted molar refractivity (Wildman–Crippen MR) is 143 cm³/mol. The number of hydrogen-bond acceptors (Lipinski definition) is 4. The monoisotopic (exact) mass is 503 g/mol. The maximum absolute atomic E-state index is 14.5. The summed E-state index contributed by atoms with van der Waals surface area (Å²) in [4.78, 5) is 25.2. The van der Waals surface area contributed by atoms with Crippen LogP contribution in [0.5, 0.6) is 11.6 Å². The summed E-state index contributed by atoms with van der Waals surface area (Å²) in [6.45, 7) is 6.14. The van der Waals surface area contributed by atoms with Gasteiger partial charge in [-0.2, -0.15) is 0 Å². The van der Waals surface area contributed by atoms with Crippen molar-refractivity contribution in [3.05, 3.63) is 84.2 Å². The fourth-order valence-corrected chi connectivity index (χ4v) is 3.99. The average molecular weight is 504 g/mol. The van der Waals surface area contributed by atoms with Crippen molar-refractivity contribution < 1.29 is 23.5 Å². The lowest BCUT2D eigenvalue weighted by atomic mass is 9.92. The molecule has 0 spiro atoms. The Labute approximate surface area is 215 Å². The van der Waals surface area contributed by atoms with Gasteiger partial charge in [-0.3, -0.25) is 10.1 Å². The van der Waals surface area contributed by atoms with Crippen molar-refractivity contribution >= 4 is 34.3 Å². The number of ether oxygens (including phenoxy) is 2. The summed E-state index contributed by atoms with van der Waals surface area (Å²) in [6.07, 6.45) is -0.331. The second-order valence-corrected chi connectivity index (χ2v) is 9.97. The van der Waals surface area contributed by atoms with Crippen molar-refractivity contribution in [2.75, 3.05) is 17.7 Å². The van der Waals surface area contributed by atoms with Crippen molar-refractivity contribution in [1.82, 2.24) is 4.57 Å². The summed E-state index contributed by atoms with van der Waals surface area (Å²) in [5.74, 6) is 0.373. The molecule has 0 fully saturated rings. The van der Waals surface area contributed by atoms with E-state index >= 15 is 0 Å². The first kappa shape index (κ1) is 25.8. The van der Waals surface area contributed by atoms with E-state index in [9.17, 15) is 14.0 Å². The van der Waals surface area contributed by atoms with Crippen LogP contribution >= 0.6 is 0 Å². The third-order valence-electron chi connectivity index (χ3n) is 5.64. The van der Waals surface area contributed by atoms with Crippen LogP contribution in [0.4, 0.5) is 20.6 Å². The van der Waals surface area contributed by atoms with E-state index in [4.69, 9.17) is 9.47 Å². The molecule has 0 aliphatic rings. The van der Waals surface area contributed by atoms with Gasteiger partial charge in [0.1, 0.15) is 11.6 Å². The summed E-state index contributed by atoms with van der Waals surface area (Å²) in [5, 5.41) is 6.34. The Morgan fingerprint density at radius 1 is 0.919 bits per heavy atom. The number of nitrogens with one attached hydrogen (secondary N) is 2. The summed E-state index contributed by atoms with van der Waals surface area (Å²) in [5.41, 5.74) is 2.15. The highest BCUT2D eigenvalue weighted by atomic mass is 19.1. The van der Waals surface area contributed by atoms with Gasteiger partial charge in [0.2, 0.25) is 11.8 Å². The van der Waals surface area contributed by atoms with Crippen LogP contribution in [0.3, 0.4) is 0 Å². The molecule has 7 nitrogen and oxygen atoms in total. The molecule has 1 aromatic heterocycles. The van der Waals surface area contributed by atoms with Gasteiger partial charge >= 0.3 is 6.09 Å². The summed E-state index contributed by atoms with van der Waals surface area (Å²) in [6, 6.07) is 20.4. The quantitative estimate of drug-likeness (QED) is 0.290. The van der Waals surface area contributed by atoms with Gasteiger partial charge in [-0.15, -0.1) is 0 Å². The van der Waals surface area contributed by atoms with Gasteiger partial charge in [-0.05, 0) is 41.8 Å². The first-order valence-electron chi connectivity index (χ1n) is 11.9. The molecule has 0 bridgehead atoms. The molecule has 2 amide bonds. The highest BCUT2D eigenvalue weighted by Gasteiger charge is 2.18. The molecule has 0 atom stereocenters. The van der Waals surface area contributed by atoms with Crippen LogP contribution in [0.1, 0.15) is 32.8 Å². The van der Waals surface area contributed by atoms with Gasteiger partial charge in [0.15, 0.2) is 0 Å². The van der Waals surface area contributed by atoms with E-state index in [0.29, 0.717) is 29.1 Å². The van der Waals surface area contributed by atoms with Crippen molar-refractivity contribution in [3.8, 4) is 11.6 Å². The molecule has 192 valence electrons. The fraction of sp³-hybridized carbons (Fsp3) is 0.241. The summed E-state index contributed by atoms with van der Waals surface area (Å²) in [7, 11) is 1.54. The Hall–Kier alpha value is -4.33. The molecule has 0 aliphatic carbocycles. The topological polar surface area (TPSA) is 81.6 Å². The van der Waals surface area contributed by atoms with Crippen LogP contribution in [0.15, 0.2) is 72.8 Å². The molecule has 0 saturated heterocycles. The molecule has 0 radical (unpaired) electrons. The fourth-order valence-electron chi connectivity index (χ4n) is 3.99. The number of aromatic nitrogens is 1. The molecule has 3 aromatic carbocycles. The number of benzene rings is 3. The number of carbonyl (C=O) groups excluding carboxylic acids is 2. The van der Waals surface area contributed by atoms with Gasteiger partial charge in [0.25, 0.3) is 0 Å². The molecular weight excluding hydrogens is 473 g/mol. The third kappa shape index (κ3) is 6.67. The van der Waals surface area contributed by atoms with E-state index in [1.54, 1.807) is 72.3 Å². The zero-order chi connectivity index (χ0) is 26.6. The maximum Gasteiger partial charge on any atom is 0.418 e. The van der Waals surface area contributed by atoms with Gasteiger partial charge < -0.3 is 19.4 Å². The number of hydrogen-bond donors (Lipinski definition) is 2. The highest BCUT2D eigenvalue weighted by molar-refractivity contribution is 5.95. The Balaban J connectivity index is 1.64. The lowest BCUT2D eigenvalue weighted by Gasteiger charge is -2.17. The van der Waals surface area contributed by atoms with Crippen molar-refractivity contribution in [2.24, 2.45) is 5.41 Å². The number of halogens is 1. The molecule has 0 unspecified atom stereocenters. The number of rotatable bonds is 7. The van der Waals surface area contributed by atoms with Crippen molar-refractivity contribution in [1.29, 1.82) is 0 Å². The second kappa shape index (κ2) is 10.7. The first-order chi connectivity index (χ1) is 17.6. The Morgan fingerprint density at radius 3 is 2.41 bits per heavy atom. The number of amides is 2. The molecule has 2 N–H and O–H groups in total. The van der Waals surface area contributed by atoms with Gasteiger partial charge in [0.05, 0.1) is 19.2 Å². The Kier molecular flexibility index (Phi) is 7.47. The van der Waals surface area contributed by atoms with Crippen LogP contribution in [-0.4, -0.2) is 23.7 Å². The smallest absolute Gasteiger partial charge is 0.418 e. The largest absolute Gasteiger partial charge is 0.497 e. The van der Waals surface area contributed by atoms with Crippen LogP contribution in [0.2, 0.25) is 0 Å². The minimum atomic E-state index is -0.704. The molecule has 0 aliphatic heterocycles. The van der Waals surface area contributed by atoms with E-state index in [2.05, 4.69) is 10.6 Å². The van der Waals surface area contributed by atoms with Crippen LogP contribution < -0.4 is 20.1 Å². The minimum absolute atomic E-state index is 0.0909. The van der Waals surface area contributed by atoms with E-state index in [-0.39, 0.29) is 29.6 Å². The molecule has 1 heterocycles. The molecule has 4 aromatic rings. The van der Waals surface area contributed by atoms with Gasteiger partial charge in [0, 0.05) is 40.9 Å². The number of fused-ring (bicyclic) bond motifs is 1. The average Bonchev–Trinajstić information content (AvgIpc) is 3.15. The number of nitrogens with zero attached hydrogens (tertiary/aromatic N) is 1. The van der Waals surface area contributed by atoms with Gasteiger partial charge in [-0.1, -0.05) is 45.0 Å². The first-order valence-corrected chi connectivity index (χ1v) is 11.9. The van der Waals surface area contributed by atoms with E-state index < -0.39 is 6.09 Å². The Morgan fingerprint density at radius 2 is 1.68 bits per heavy atom. The number of carbonyl (C=O) groups is 2. The molecule has 8 heteroatoms. The predicted octanol–water partition coefficient (Wildman–Crippen LogP) is 6.82. The molecular formula is C29H30FN3O4. The Bertz CT molecular complexity index is 1440. The second-order valence-electron chi connectivity index (χ2n) is 9.97. The normalized spacial score (nSPS) is 11.3. The SMILES string of the molecule is COc1cccc(NC(=O)Oc2cc3cc(NC(=O)CC(C)(C)C)ccc3n2Cc2ccccc2F)c1. The zero-order valence-electron chi connectivity index (χ0n) is 21.3. The van der Waals surface area contributed by atoms with Crippen LogP contribution in [-0.2, 0) is 11.3 Å². The maximum atomic E-state index is 14.5. The lowest BCUT2D eigenvalue weighted by Crippen LogP contribution is -2.19. The number of methoxy groups -OCH3 is 1. The van der Waals surface area contributed by atoms with E-state index in [1.807, 2.05) is 26.8 Å². The van der Waals surface area contributed by atoms with Crippen LogP contribution in [0.25, 0.3) is 10.9 Å². The zero-order valence-corrected chi connectivity index (χ0v) is 21.3. The molecule has 37 heavy (non-hydrogen) atoms. The highest BCUT2D eigenvalue weighted by Crippen LogP contribution is 2.30. The minimum Gasteiger partial charge on any atom is -0.497 e. The van der Waals surface area contributed by atoms with Gasteiger partial charge in [-0.25, -0.2) is 9.18 Å². The van der Waals surface area contributed by atoms with Crippen molar-refractivity contribution in [3.63, 3.8) is 0 Å². The molecule has 0 saturated carbocycles. The van der Waals surface area contributed by atoms with Crippen LogP contribution in [0, 0.1) is 11.2 Å². The summed E-state index contributed by atoms with van der Waals surface area (Å²) < 4.78 is 27.1. The van der Waals surface area contributed by atoms with Crippen molar-refractivity contribution in [2.45, 2.75) is 33.7 Å². The molecule has 4 rings (SSSR count). The summed E-state index contributed by atoms with van der Waals surface area (Å²) >= 11 is 0. The standard InChI is InChI=1S/C29H30FN3O4/c1-29(2,3)17-26(34)31-22-12-13-25-20(14-22)15-27(33(25)18-19-8-5-6-11-24(19)30)37-28(35)32-21-9-7-10-23(16-21)36-4/h5-16H,17-18H2,1-4H3,(H,31,34)(H,32,35). The third-order valence-corrected chi connectivity index (χ3v) is 5.64.